The fourth-order valence-corrected chi connectivity index (χ4v) is 19.5. The lowest BCUT2D eigenvalue weighted by atomic mass is 9.93. The predicted molar refractivity (Wildman–Crippen MR) is 463 cm³/mol. The highest BCUT2D eigenvalue weighted by atomic mass is 16.8. The molecule has 37 N–H and O–H groups in total. The van der Waals surface area contributed by atoms with Crippen molar-refractivity contribution < 1.29 is 296 Å². The van der Waals surface area contributed by atoms with Crippen LogP contribution < -0.4 is 31.9 Å². The maximum atomic E-state index is 13.6. The van der Waals surface area contributed by atoms with Gasteiger partial charge in [0.15, 0.2) is 75.5 Å². The van der Waals surface area contributed by atoms with E-state index < -0.39 is 476 Å². The molecule has 0 aromatic rings. The Hall–Kier alpha value is -5.34. The molecule has 0 aliphatic carbocycles. The molecule has 12 aliphatic heterocycles. The van der Waals surface area contributed by atoms with Crippen molar-refractivity contribution in [1.29, 1.82) is 0 Å². The molecule has 0 aromatic heterocycles. The van der Waals surface area contributed by atoms with Crippen molar-refractivity contribution in [3.05, 3.63) is 0 Å². The summed E-state index contributed by atoms with van der Waals surface area (Å²) in [6.07, 6.45) is -118. The molecule has 66 nitrogen and oxygen atoms in total. The molecule has 12 aliphatic rings. The van der Waals surface area contributed by atoms with Gasteiger partial charge in [-0.3, -0.25) is 28.8 Å². The van der Waals surface area contributed by atoms with E-state index >= 15 is 0 Å². The standard InChI is InChI=1S/C84H140N6O60/c1-19-43(105)56(118)60(122)79(131-19)129-18-36-69(52(114)37(73(127)132-36)85-20(2)99)144-76-40(88-23(5)102)53(115)67(32(14-97)137-76)147-82-64(126)70(148-84-72(63(125)68(33(15-98)140-84)143-75-39(87-22(4)101)51(113)45(107)27(9-92)134-75)150-78-42(90-25(7)104)55(117)66(31(13-96)139-78)146-81-62(124)58(120)47(109)29(11-94)136-81)49(111)35(141-82)17-130-83-71(59(121)48(110)34(142-83)16-128-74-38(86-21(3)100)50(112)44(106)26(8-91)133-74)149-77-41(89-24(6)103)54(116)65(30(12-95)138-77)145-80-61(123)57(119)46(108)28(10-93)135-80/h19,26-84,91-98,105-127H,8-18H2,1-7H3,(H,85,99)(H,86,100)(H,87,101)(H,88,102)(H,89,103)(H,90,104)/t19-,26+,27+,28+,29+,30+,31+,32+,33+,34+,35+,36+,37+,38+,39+,40+,41+,42+,43+,44+,45+,46-,47-,48+,49+,50+,51+,52+,53+,54+,55+,56+,57-,58-,59-,60-,61+,62+,63-,64-,65+,66+,67+,68+,69+,70-,71-,72-,73+,74+,75-,76-,77-,78-,79+,80-,81-,82-,83-,84+/m0/s1. The molecule has 66 heteroatoms. The van der Waals surface area contributed by atoms with Crippen LogP contribution in [0.2, 0.25) is 0 Å². The number of aliphatic hydroxyl groups is 31. The first-order valence-corrected chi connectivity index (χ1v) is 48.0. The van der Waals surface area contributed by atoms with Crippen LogP contribution in [0.15, 0.2) is 0 Å². The summed E-state index contributed by atoms with van der Waals surface area (Å²) >= 11 is 0. The quantitative estimate of drug-likeness (QED) is 0.0272. The minimum Gasteiger partial charge on any atom is -0.394 e. The van der Waals surface area contributed by atoms with Crippen LogP contribution in [-0.2, 0) is 138 Å². The van der Waals surface area contributed by atoms with Gasteiger partial charge >= 0.3 is 0 Å². The van der Waals surface area contributed by atoms with Crippen LogP contribution in [0.25, 0.3) is 0 Å². The molecule has 12 fully saturated rings. The first kappa shape index (κ1) is 123. The molecule has 0 radical (unpaired) electrons. The van der Waals surface area contributed by atoms with E-state index in [-0.39, 0.29) is 0 Å². The lowest BCUT2D eigenvalue weighted by Gasteiger charge is -2.52. The van der Waals surface area contributed by atoms with Gasteiger partial charge in [0, 0.05) is 41.5 Å². The Morgan fingerprint density at radius 1 is 0.187 bits per heavy atom. The number of rotatable bonds is 39. The third-order valence-electron chi connectivity index (χ3n) is 27.4. The van der Waals surface area contributed by atoms with E-state index in [0.717, 1.165) is 41.5 Å². The van der Waals surface area contributed by atoms with Gasteiger partial charge in [0.05, 0.1) is 78.8 Å². The number of hydrogen-bond donors (Lipinski definition) is 37. The van der Waals surface area contributed by atoms with Gasteiger partial charge in [0.25, 0.3) is 0 Å². The minimum absolute atomic E-state index is 0.863. The number of ether oxygens (including phenoxy) is 23. The second-order valence-electron chi connectivity index (χ2n) is 38.1. The van der Waals surface area contributed by atoms with Gasteiger partial charge in [-0.1, -0.05) is 0 Å². The van der Waals surface area contributed by atoms with Crippen molar-refractivity contribution in [2.45, 2.75) is 417 Å². The summed E-state index contributed by atoms with van der Waals surface area (Å²) in [6, 6.07) is -11.9. The first-order chi connectivity index (χ1) is 70.9. The largest absolute Gasteiger partial charge is 0.394 e. The van der Waals surface area contributed by atoms with E-state index in [1.807, 2.05) is 0 Å². The number of carbonyl (C=O) groups excluding carboxylic acids is 6. The molecule has 0 aromatic carbocycles. The Balaban J connectivity index is 0.955. The van der Waals surface area contributed by atoms with Gasteiger partial charge in [-0.25, -0.2) is 0 Å². The fourth-order valence-electron chi connectivity index (χ4n) is 19.5. The van der Waals surface area contributed by atoms with E-state index in [0.29, 0.717) is 0 Å². The maximum absolute atomic E-state index is 13.6. The maximum Gasteiger partial charge on any atom is 0.217 e. The fraction of sp³-hybridized carbons (Fsp3) is 0.929. The molecule has 0 spiro atoms. The van der Waals surface area contributed by atoms with Crippen LogP contribution in [-0.4, -0.2) is 635 Å². The van der Waals surface area contributed by atoms with Crippen molar-refractivity contribution in [3.8, 4) is 0 Å². The van der Waals surface area contributed by atoms with E-state index in [4.69, 9.17) is 109 Å². The highest BCUT2D eigenvalue weighted by molar-refractivity contribution is 5.75. The van der Waals surface area contributed by atoms with Gasteiger partial charge in [-0.15, -0.1) is 0 Å². The second-order valence-corrected chi connectivity index (χ2v) is 38.1. The number of amides is 6. The second kappa shape index (κ2) is 54.0. The topological polar surface area (TPSA) is 1010 Å². The van der Waals surface area contributed by atoms with Crippen LogP contribution in [0.5, 0.6) is 0 Å². The smallest absolute Gasteiger partial charge is 0.217 e. The summed E-state index contributed by atoms with van der Waals surface area (Å²) in [4.78, 5) is 78.5. The van der Waals surface area contributed by atoms with E-state index in [9.17, 15) is 187 Å². The Bertz CT molecular complexity index is 4250. The molecule has 6 amide bonds. The normalized spacial score (nSPS) is 48.8. The zero-order valence-electron chi connectivity index (χ0n) is 81.1. The third-order valence-corrected chi connectivity index (χ3v) is 27.4. The molecule has 150 heavy (non-hydrogen) atoms. The summed E-state index contributed by atoms with van der Waals surface area (Å²) < 4.78 is 140. The highest BCUT2D eigenvalue weighted by Gasteiger charge is 2.64. The Labute approximate surface area is 849 Å². The Morgan fingerprint density at radius 3 is 0.820 bits per heavy atom. The molecule has 12 rings (SSSR count). The molecule has 12 heterocycles. The summed E-state index contributed by atoms with van der Waals surface area (Å²) in [6.45, 7) is -6.21. The van der Waals surface area contributed by atoms with Crippen molar-refractivity contribution in [2.24, 2.45) is 0 Å². The zero-order chi connectivity index (χ0) is 110. The Morgan fingerprint density at radius 2 is 0.427 bits per heavy atom. The number of carbonyl (C=O) groups is 6. The van der Waals surface area contributed by atoms with Crippen LogP contribution >= 0.6 is 0 Å². The predicted octanol–water partition coefficient (Wildman–Crippen LogP) is -25.3. The molecule has 0 unspecified atom stereocenters. The van der Waals surface area contributed by atoms with E-state index in [1.165, 1.54) is 6.92 Å². The van der Waals surface area contributed by atoms with Crippen molar-refractivity contribution in [1.82, 2.24) is 31.9 Å². The van der Waals surface area contributed by atoms with Gasteiger partial charge in [-0.2, -0.15) is 0 Å². The van der Waals surface area contributed by atoms with Crippen molar-refractivity contribution in [3.63, 3.8) is 0 Å². The molecule has 0 saturated carbocycles. The van der Waals surface area contributed by atoms with Crippen LogP contribution in [0.4, 0.5) is 0 Å². The lowest BCUT2D eigenvalue weighted by molar-refractivity contribution is -0.405. The van der Waals surface area contributed by atoms with E-state index in [1.54, 1.807) is 0 Å². The van der Waals surface area contributed by atoms with Crippen LogP contribution in [0.3, 0.4) is 0 Å². The minimum atomic E-state index is -2.83. The van der Waals surface area contributed by atoms with Crippen LogP contribution in [0.1, 0.15) is 48.5 Å². The first-order valence-electron chi connectivity index (χ1n) is 48.0. The SMILES string of the molecule is CC(=O)N[C@@H]1[C@@H](O)[C@H](O[C@@H]2O[C@H](CO)[C@@H](O[C@@H]3O[C@H](CO[C@H]4O[C@H](CO[C@@H]5O[C@H](CO)[C@@H](O)[C@H](O)[C@H]5NC(C)=O)[C@@H](O)[C@H](O)[C@@H]4O[C@@H]4O[C@H](CO)[C@@H](O[C@@H]5O[C@H](CO)[C@H](O)[C@H](O)[C@H]5O)[C@H](O)[C@H]4NC(C)=O)[C@@H](O)[C@H](O[C@H]4O[C@H](CO)[C@@H](O[C@@H]5O[C@H](CO)[C@@H](O)[C@H](O)[C@H]5NC(C)=O)[C@H](O)[C@@H]4O[C@@H]4O[C@H](CO)[C@@H](O[C@@H]5O[C@H](CO)[C@H](O)[C@H](O)[C@H]5O)[C@H](O)[C@H]4NC(C)=O)[C@@H]3O)[C@H](O)[C@H]2NC(C)=O)[C@@H](CO[C@@H]2O[C@@H](C)[C@@H](O)[C@@H](O)[C@@H]2O)O[C@H]1O. The highest BCUT2D eigenvalue weighted by Crippen LogP contribution is 2.43. The molecular formula is C84H140N6O60. The van der Waals surface area contributed by atoms with Gasteiger partial charge in [0.2, 0.25) is 35.4 Å². The number of aliphatic hydroxyl groups excluding tert-OH is 31. The number of nitrogens with one attached hydrogen (secondary N) is 6. The Kier molecular flexibility index (Phi) is 44.4. The molecular weight excluding hydrogens is 2050 g/mol. The average molecular weight is 2190 g/mol. The third kappa shape index (κ3) is 27.7. The summed E-state index contributed by atoms with van der Waals surface area (Å²) in [7, 11) is 0. The van der Waals surface area contributed by atoms with Gasteiger partial charge < -0.3 is 299 Å². The lowest BCUT2D eigenvalue weighted by Crippen LogP contribution is -2.71. The van der Waals surface area contributed by atoms with Gasteiger partial charge in [0.1, 0.15) is 287 Å². The molecule has 866 valence electrons. The zero-order valence-corrected chi connectivity index (χ0v) is 81.1. The summed E-state index contributed by atoms with van der Waals surface area (Å²) in [5.74, 6) is -5.91. The van der Waals surface area contributed by atoms with Crippen molar-refractivity contribution >= 4 is 35.4 Å². The summed E-state index contributed by atoms with van der Waals surface area (Å²) in [5.41, 5.74) is 0. The summed E-state index contributed by atoms with van der Waals surface area (Å²) in [5, 5.41) is 368. The molecule has 60 atom stereocenters. The monoisotopic (exact) mass is 2190 g/mol. The molecule has 12 saturated heterocycles. The van der Waals surface area contributed by atoms with Gasteiger partial charge in [-0.05, 0) is 6.92 Å². The van der Waals surface area contributed by atoms with Crippen molar-refractivity contribution in [2.75, 3.05) is 72.7 Å². The molecule has 0 bridgehead atoms. The van der Waals surface area contributed by atoms with E-state index in [2.05, 4.69) is 31.9 Å². The average Bonchev–Trinajstić information content (AvgIpc) is 0.753. The number of hydrogen-bond acceptors (Lipinski definition) is 60. The van der Waals surface area contributed by atoms with Crippen LogP contribution in [0, 0.1) is 0 Å².